The average molecular weight is 258 g/mol. The fourth-order valence-corrected chi connectivity index (χ4v) is 2.21. The Bertz CT molecular complexity index is 540. The molecule has 2 aromatic carbocycles. The van der Waals surface area contributed by atoms with E-state index in [0.29, 0.717) is 18.8 Å². The van der Waals surface area contributed by atoms with Crippen molar-refractivity contribution in [1.29, 1.82) is 0 Å². The van der Waals surface area contributed by atoms with Crippen molar-refractivity contribution in [1.82, 2.24) is 0 Å². The van der Waals surface area contributed by atoms with Crippen LogP contribution in [0.1, 0.15) is 11.1 Å². The van der Waals surface area contributed by atoms with Gasteiger partial charge in [0.15, 0.2) is 0 Å². The van der Waals surface area contributed by atoms with E-state index in [4.69, 9.17) is 5.73 Å². The maximum Gasteiger partial charge on any atom is 0.146 e. The number of para-hydroxylation sites is 1. The smallest absolute Gasteiger partial charge is 0.146 e. The summed E-state index contributed by atoms with van der Waals surface area (Å²) in [6, 6.07) is 15.0. The lowest BCUT2D eigenvalue weighted by molar-refractivity contribution is 0.622. The lowest BCUT2D eigenvalue weighted by Gasteiger charge is -2.21. The summed E-state index contributed by atoms with van der Waals surface area (Å²) in [6.45, 7) is 1.30. The molecular formula is C16H19FN2. The third kappa shape index (κ3) is 3.32. The Kier molecular flexibility index (Phi) is 4.53. The van der Waals surface area contributed by atoms with Crippen molar-refractivity contribution in [3.8, 4) is 0 Å². The highest BCUT2D eigenvalue weighted by atomic mass is 19.1. The fraction of sp³-hybridized carbons (Fsp3) is 0.250. The van der Waals surface area contributed by atoms with Crippen LogP contribution in [-0.4, -0.2) is 13.6 Å². The first kappa shape index (κ1) is 13.6. The molecule has 0 saturated heterocycles. The highest BCUT2D eigenvalue weighted by molar-refractivity contribution is 5.48. The van der Waals surface area contributed by atoms with Crippen molar-refractivity contribution in [2.75, 3.05) is 18.5 Å². The molecule has 0 aromatic heterocycles. The third-order valence-corrected chi connectivity index (χ3v) is 3.20. The molecule has 0 amide bonds. The first-order valence-corrected chi connectivity index (χ1v) is 6.45. The maximum absolute atomic E-state index is 13.7. The van der Waals surface area contributed by atoms with Gasteiger partial charge in [0, 0.05) is 13.6 Å². The van der Waals surface area contributed by atoms with Gasteiger partial charge in [-0.05, 0) is 36.2 Å². The summed E-state index contributed by atoms with van der Waals surface area (Å²) in [7, 11) is 1.90. The Balaban J connectivity index is 2.19. The van der Waals surface area contributed by atoms with E-state index < -0.39 is 0 Å². The van der Waals surface area contributed by atoms with Gasteiger partial charge in [-0.15, -0.1) is 0 Å². The Morgan fingerprint density at radius 2 is 1.63 bits per heavy atom. The molecule has 0 radical (unpaired) electrons. The van der Waals surface area contributed by atoms with Gasteiger partial charge >= 0.3 is 0 Å². The number of anilines is 1. The molecule has 0 unspecified atom stereocenters. The molecule has 0 spiro atoms. The lowest BCUT2D eigenvalue weighted by Crippen LogP contribution is -2.19. The van der Waals surface area contributed by atoms with Crippen LogP contribution in [0.15, 0.2) is 48.5 Å². The summed E-state index contributed by atoms with van der Waals surface area (Å²) >= 11 is 0. The van der Waals surface area contributed by atoms with Gasteiger partial charge in [0.05, 0.1) is 5.69 Å². The third-order valence-electron chi connectivity index (χ3n) is 3.20. The molecule has 0 aliphatic rings. The minimum atomic E-state index is -0.193. The molecule has 0 fully saturated rings. The maximum atomic E-state index is 13.7. The second kappa shape index (κ2) is 6.34. The van der Waals surface area contributed by atoms with Crippen molar-refractivity contribution in [2.45, 2.75) is 13.0 Å². The second-order valence-electron chi connectivity index (χ2n) is 4.61. The van der Waals surface area contributed by atoms with Gasteiger partial charge in [0.25, 0.3) is 0 Å². The van der Waals surface area contributed by atoms with Crippen molar-refractivity contribution < 1.29 is 4.39 Å². The Hall–Kier alpha value is -1.87. The van der Waals surface area contributed by atoms with Crippen molar-refractivity contribution in [3.63, 3.8) is 0 Å². The highest BCUT2D eigenvalue weighted by Crippen LogP contribution is 2.20. The SMILES string of the molecule is CN(Cc1ccccc1CCN)c1ccccc1F. The number of hydrogen-bond acceptors (Lipinski definition) is 2. The number of rotatable bonds is 5. The van der Waals surface area contributed by atoms with Crippen LogP contribution in [0, 0.1) is 5.82 Å². The summed E-state index contributed by atoms with van der Waals surface area (Å²) < 4.78 is 13.7. The van der Waals surface area contributed by atoms with E-state index in [2.05, 4.69) is 12.1 Å². The molecule has 2 nitrogen and oxygen atoms in total. The summed E-state index contributed by atoms with van der Waals surface area (Å²) in [5.74, 6) is -0.193. The molecule has 0 saturated carbocycles. The van der Waals surface area contributed by atoms with Gasteiger partial charge in [0.1, 0.15) is 5.82 Å². The molecule has 3 heteroatoms. The van der Waals surface area contributed by atoms with Crippen LogP contribution in [0.25, 0.3) is 0 Å². The minimum Gasteiger partial charge on any atom is -0.368 e. The van der Waals surface area contributed by atoms with Crippen LogP contribution < -0.4 is 10.6 Å². The Morgan fingerprint density at radius 1 is 1.00 bits per heavy atom. The second-order valence-corrected chi connectivity index (χ2v) is 4.61. The first-order chi connectivity index (χ1) is 9.22. The van der Waals surface area contributed by atoms with Gasteiger partial charge in [0.2, 0.25) is 0 Å². The molecule has 0 aliphatic carbocycles. The van der Waals surface area contributed by atoms with Crippen LogP contribution in [-0.2, 0) is 13.0 Å². The number of benzene rings is 2. The normalized spacial score (nSPS) is 10.5. The van der Waals surface area contributed by atoms with E-state index in [0.717, 1.165) is 6.42 Å². The van der Waals surface area contributed by atoms with Crippen molar-refractivity contribution in [2.24, 2.45) is 5.73 Å². The molecule has 0 atom stereocenters. The van der Waals surface area contributed by atoms with Gasteiger partial charge in [-0.2, -0.15) is 0 Å². The number of halogens is 1. The number of nitrogens with zero attached hydrogens (tertiary/aromatic N) is 1. The van der Waals surface area contributed by atoms with Crippen LogP contribution in [0.3, 0.4) is 0 Å². The van der Waals surface area contributed by atoms with Gasteiger partial charge < -0.3 is 10.6 Å². The lowest BCUT2D eigenvalue weighted by atomic mass is 10.0. The first-order valence-electron chi connectivity index (χ1n) is 6.45. The fourth-order valence-electron chi connectivity index (χ4n) is 2.21. The summed E-state index contributed by atoms with van der Waals surface area (Å²) in [5, 5.41) is 0. The molecule has 2 N–H and O–H groups in total. The number of nitrogens with two attached hydrogens (primary N) is 1. The van der Waals surface area contributed by atoms with Crippen LogP contribution >= 0.6 is 0 Å². The predicted molar refractivity (Wildman–Crippen MR) is 77.7 cm³/mol. The standard InChI is InChI=1S/C16H19FN2/c1-19(16-9-5-4-8-15(16)17)12-14-7-3-2-6-13(14)10-11-18/h2-9H,10-12,18H2,1H3. The predicted octanol–water partition coefficient (Wildman–Crippen LogP) is 2.96. The molecule has 0 aliphatic heterocycles. The molecule has 2 aromatic rings. The molecule has 2 rings (SSSR count). The zero-order valence-corrected chi connectivity index (χ0v) is 11.1. The van der Waals surface area contributed by atoms with E-state index in [-0.39, 0.29) is 5.82 Å². The molecular weight excluding hydrogens is 239 g/mol. The average Bonchev–Trinajstić information content (AvgIpc) is 2.41. The van der Waals surface area contributed by atoms with E-state index >= 15 is 0 Å². The van der Waals surface area contributed by atoms with E-state index in [1.165, 1.54) is 17.2 Å². The van der Waals surface area contributed by atoms with Crippen LogP contribution in [0.4, 0.5) is 10.1 Å². The molecule has 100 valence electrons. The summed E-state index contributed by atoms with van der Waals surface area (Å²) in [6.07, 6.45) is 0.848. The zero-order valence-electron chi connectivity index (χ0n) is 11.1. The van der Waals surface area contributed by atoms with E-state index in [9.17, 15) is 4.39 Å². The van der Waals surface area contributed by atoms with Gasteiger partial charge in [-0.3, -0.25) is 0 Å². The van der Waals surface area contributed by atoms with Crippen molar-refractivity contribution in [3.05, 3.63) is 65.5 Å². The van der Waals surface area contributed by atoms with Crippen LogP contribution in [0.2, 0.25) is 0 Å². The summed E-state index contributed by atoms with van der Waals surface area (Å²) in [5.41, 5.74) is 8.66. The van der Waals surface area contributed by atoms with Crippen LogP contribution in [0.5, 0.6) is 0 Å². The van der Waals surface area contributed by atoms with E-state index in [1.807, 2.05) is 30.1 Å². The van der Waals surface area contributed by atoms with E-state index in [1.54, 1.807) is 12.1 Å². The zero-order chi connectivity index (χ0) is 13.7. The van der Waals surface area contributed by atoms with Gasteiger partial charge in [-0.1, -0.05) is 36.4 Å². The Morgan fingerprint density at radius 3 is 2.32 bits per heavy atom. The minimum absolute atomic E-state index is 0.193. The number of hydrogen-bond donors (Lipinski definition) is 1. The topological polar surface area (TPSA) is 29.3 Å². The molecule has 0 heterocycles. The quantitative estimate of drug-likeness (QED) is 0.893. The summed E-state index contributed by atoms with van der Waals surface area (Å²) in [4.78, 5) is 1.92. The highest BCUT2D eigenvalue weighted by Gasteiger charge is 2.09. The monoisotopic (exact) mass is 258 g/mol. The molecule has 0 bridgehead atoms. The molecule has 19 heavy (non-hydrogen) atoms. The largest absolute Gasteiger partial charge is 0.368 e. The van der Waals surface area contributed by atoms with Crippen molar-refractivity contribution >= 4 is 5.69 Å². The van der Waals surface area contributed by atoms with Gasteiger partial charge in [-0.25, -0.2) is 4.39 Å². The Labute approximate surface area is 113 Å².